The SMILES string of the molecule is COc1ccc(C(C)=O)cc1OC(C)(C)c1nccn1C. The number of carbonyl (C=O) groups is 1. The highest BCUT2D eigenvalue weighted by atomic mass is 16.5. The van der Waals surface area contributed by atoms with Crippen LogP contribution in [0.4, 0.5) is 0 Å². The summed E-state index contributed by atoms with van der Waals surface area (Å²) in [5.74, 6) is 1.88. The minimum absolute atomic E-state index is 0.0164. The number of carbonyl (C=O) groups excluding carboxylic acids is 1. The van der Waals surface area contributed by atoms with Crippen molar-refractivity contribution in [2.75, 3.05) is 7.11 Å². The van der Waals surface area contributed by atoms with Crippen molar-refractivity contribution in [2.24, 2.45) is 7.05 Å². The molecule has 0 fully saturated rings. The monoisotopic (exact) mass is 288 g/mol. The summed E-state index contributed by atoms with van der Waals surface area (Å²) in [6.07, 6.45) is 3.59. The van der Waals surface area contributed by atoms with E-state index in [1.165, 1.54) is 6.92 Å². The number of methoxy groups -OCH3 is 1. The molecule has 0 bridgehead atoms. The zero-order chi connectivity index (χ0) is 15.6. The number of aryl methyl sites for hydroxylation is 1. The van der Waals surface area contributed by atoms with Crippen molar-refractivity contribution in [1.29, 1.82) is 0 Å². The van der Waals surface area contributed by atoms with Crippen molar-refractivity contribution in [2.45, 2.75) is 26.4 Å². The van der Waals surface area contributed by atoms with Crippen LogP contribution in [0.25, 0.3) is 0 Å². The lowest BCUT2D eigenvalue weighted by Gasteiger charge is -2.27. The zero-order valence-corrected chi connectivity index (χ0v) is 13.0. The third kappa shape index (κ3) is 3.07. The van der Waals surface area contributed by atoms with Gasteiger partial charge in [0, 0.05) is 25.0 Å². The van der Waals surface area contributed by atoms with Gasteiger partial charge >= 0.3 is 0 Å². The first-order valence-corrected chi connectivity index (χ1v) is 6.71. The molecule has 2 rings (SSSR count). The summed E-state index contributed by atoms with van der Waals surface area (Å²) in [6.45, 7) is 5.37. The molecular weight excluding hydrogens is 268 g/mol. The number of hydrogen-bond acceptors (Lipinski definition) is 4. The summed E-state index contributed by atoms with van der Waals surface area (Å²) in [4.78, 5) is 15.9. The summed E-state index contributed by atoms with van der Waals surface area (Å²) in [5, 5.41) is 0. The van der Waals surface area contributed by atoms with E-state index in [0.717, 1.165) is 5.82 Å². The average Bonchev–Trinajstić information content (AvgIpc) is 2.85. The second-order valence-corrected chi connectivity index (χ2v) is 5.40. The second-order valence-electron chi connectivity index (χ2n) is 5.40. The molecule has 1 heterocycles. The quantitative estimate of drug-likeness (QED) is 0.794. The second kappa shape index (κ2) is 5.60. The van der Waals surface area contributed by atoms with Gasteiger partial charge in [0.25, 0.3) is 0 Å². The lowest BCUT2D eigenvalue weighted by atomic mass is 10.1. The Hall–Kier alpha value is -2.30. The van der Waals surface area contributed by atoms with Gasteiger partial charge in [0.15, 0.2) is 28.7 Å². The van der Waals surface area contributed by atoms with Crippen LogP contribution in [0.15, 0.2) is 30.6 Å². The molecule has 0 atom stereocenters. The van der Waals surface area contributed by atoms with E-state index in [4.69, 9.17) is 9.47 Å². The highest BCUT2D eigenvalue weighted by Crippen LogP contribution is 2.34. The van der Waals surface area contributed by atoms with E-state index in [9.17, 15) is 4.79 Å². The van der Waals surface area contributed by atoms with Gasteiger partial charge in [0.05, 0.1) is 7.11 Å². The van der Waals surface area contributed by atoms with Gasteiger partial charge in [-0.15, -0.1) is 0 Å². The number of Topliss-reactive ketones (excluding diaryl/α,β-unsaturated/α-hetero) is 1. The number of hydrogen-bond donors (Lipinski definition) is 0. The molecule has 0 amide bonds. The Bertz CT molecular complexity index is 659. The van der Waals surface area contributed by atoms with Crippen LogP contribution >= 0.6 is 0 Å². The maximum atomic E-state index is 11.5. The highest BCUT2D eigenvalue weighted by Gasteiger charge is 2.28. The Labute approximate surface area is 124 Å². The van der Waals surface area contributed by atoms with Crippen molar-refractivity contribution in [3.8, 4) is 11.5 Å². The van der Waals surface area contributed by atoms with Crippen molar-refractivity contribution >= 4 is 5.78 Å². The molecule has 5 heteroatoms. The molecule has 5 nitrogen and oxygen atoms in total. The Morgan fingerprint density at radius 1 is 1.29 bits per heavy atom. The van der Waals surface area contributed by atoms with Crippen LogP contribution in [-0.4, -0.2) is 22.4 Å². The van der Waals surface area contributed by atoms with Crippen LogP contribution in [0, 0.1) is 0 Å². The van der Waals surface area contributed by atoms with Gasteiger partial charge in [-0.05, 0) is 39.0 Å². The van der Waals surface area contributed by atoms with Gasteiger partial charge < -0.3 is 14.0 Å². The number of ketones is 1. The number of aromatic nitrogens is 2. The van der Waals surface area contributed by atoms with E-state index in [1.807, 2.05) is 31.7 Å². The fourth-order valence-corrected chi connectivity index (χ4v) is 2.24. The van der Waals surface area contributed by atoms with Crippen molar-refractivity contribution in [3.63, 3.8) is 0 Å². The molecule has 112 valence electrons. The molecule has 0 N–H and O–H groups in total. The molecular formula is C16H20N2O3. The molecule has 0 saturated heterocycles. The van der Waals surface area contributed by atoms with E-state index >= 15 is 0 Å². The van der Waals surface area contributed by atoms with E-state index in [1.54, 1.807) is 31.5 Å². The maximum absolute atomic E-state index is 11.5. The van der Waals surface area contributed by atoms with Gasteiger partial charge in [-0.3, -0.25) is 4.79 Å². The third-order valence-electron chi connectivity index (χ3n) is 3.29. The third-order valence-corrected chi connectivity index (χ3v) is 3.29. The van der Waals surface area contributed by atoms with Crippen molar-refractivity contribution in [3.05, 3.63) is 42.0 Å². The van der Waals surface area contributed by atoms with E-state index in [0.29, 0.717) is 17.1 Å². The van der Waals surface area contributed by atoms with Crippen LogP contribution in [-0.2, 0) is 12.6 Å². The summed E-state index contributed by atoms with van der Waals surface area (Å²) < 4.78 is 13.3. The maximum Gasteiger partial charge on any atom is 0.163 e. The zero-order valence-electron chi connectivity index (χ0n) is 13.0. The number of imidazole rings is 1. The molecule has 0 aliphatic rings. The Morgan fingerprint density at radius 2 is 2.00 bits per heavy atom. The molecule has 1 aromatic carbocycles. The summed E-state index contributed by atoms with van der Waals surface area (Å²) in [6, 6.07) is 5.16. The molecule has 2 aromatic rings. The smallest absolute Gasteiger partial charge is 0.163 e. The summed E-state index contributed by atoms with van der Waals surface area (Å²) in [5.41, 5.74) is -0.0672. The first-order chi connectivity index (χ1) is 9.85. The van der Waals surface area contributed by atoms with Crippen LogP contribution in [0.2, 0.25) is 0 Å². The molecule has 0 aliphatic heterocycles. The molecule has 0 saturated carbocycles. The summed E-state index contributed by atoms with van der Waals surface area (Å²) in [7, 11) is 3.49. The molecule has 0 radical (unpaired) electrons. The molecule has 0 unspecified atom stereocenters. The first kappa shape index (κ1) is 15.1. The highest BCUT2D eigenvalue weighted by molar-refractivity contribution is 5.94. The lowest BCUT2D eigenvalue weighted by Crippen LogP contribution is -2.29. The van der Waals surface area contributed by atoms with E-state index in [-0.39, 0.29) is 5.78 Å². The standard InChI is InChI=1S/C16H20N2O3/c1-11(19)12-6-7-13(20-5)14(10-12)21-16(2,3)15-17-8-9-18(15)4/h6-10H,1-5H3. The molecule has 0 aliphatic carbocycles. The molecule has 1 aromatic heterocycles. The molecule has 0 spiro atoms. The van der Waals surface area contributed by atoms with Crippen LogP contribution in [0.3, 0.4) is 0 Å². The fourth-order valence-electron chi connectivity index (χ4n) is 2.24. The van der Waals surface area contributed by atoms with Gasteiger partial charge in [-0.25, -0.2) is 4.98 Å². The van der Waals surface area contributed by atoms with E-state index in [2.05, 4.69) is 4.98 Å². The van der Waals surface area contributed by atoms with Crippen LogP contribution in [0.5, 0.6) is 11.5 Å². The first-order valence-electron chi connectivity index (χ1n) is 6.71. The van der Waals surface area contributed by atoms with Crippen LogP contribution < -0.4 is 9.47 Å². The van der Waals surface area contributed by atoms with Gasteiger partial charge in [0.1, 0.15) is 0 Å². The van der Waals surface area contributed by atoms with Crippen molar-refractivity contribution in [1.82, 2.24) is 9.55 Å². The largest absolute Gasteiger partial charge is 0.493 e. The Kier molecular flexibility index (Phi) is 4.02. The topological polar surface area (TPSA) is 53.4 Å². The minimum Gasteiger partial charge on any atom is -0.493 e. The lowest BCUT2D eigenvalue weighted by molar-refractivity contribution is 0.0902. The van der Waals surface area contributed by atoms with Gasteiger partial charge in [-0.1, -0.05) is 0 Å². The van der Waals surface area contributed by atoms with E-state index < -0.39 is 5.60 Å². The predicted octanol–water partition coefficient (Wildman–Crippen LogP) is 2.95. The fraction of sp³-hybridized carbons (Fsp3) is 0.375. The number of rotatable bonds is 5. The van der Waals surface area contributed by atoms with Crippen molar-refractivity contribution < 1.29 is 14.3 Å². The predicted molar refractivity (Wildman–Crippen MR) is 79.9 cm³/mol. The van der Waals surface area contributed by atoms with Gasteiger partial charge in [0.2, 0.25) is 0 Å². The van der Waals surface area contributed by atoms with Crippen LogP contribution in [0.1, 0.15) is 37.0 Å². The normalized spacial score (nSPS) is 11.3. The minimum atomic E-state index is -0.652. The Morgan fingerprint density at radius 3 is 2.52 bits per heavy atom. The summed E-state index contributed by atoms with van der Waals surface area (Å²) >= 11 is 0. The average molecular weight is 288 g/mol. The Balaban J connectivity index is 2.40. The number of nitrogens with zero attached hydrogens (tertiary/aromatic N) is 2. The number of benzene rings is 1. The molecule has 21 heavy (non-hydrogen) atoms. The van der Waals surface area contributed by atoms with Gasteiger partial charge in [-0.2, -0.15) is 0 Å². The number of ether oxygens (including phenoxy) is 2.